The van der Waals surface area contributed by atoms with Gasteiger partial charge in [-0.15, -0.1) is 0 Å². The highest BCUT2D eigenvalue weighted by molar-refractivity contribution is 5.97. The number of rotatable bonds is 5. The van der Waals surface area contributed by atoms with E-state index in [2.05, 4.69) is 16.9 Å². The number of likely N-dealkylation sites (tertiary alicyclic amines) is 1. The van der Waals surface area contributed by atoms with Gasteiger partial charge < -0.3 is 23.8 Å². The predicted molar refractivity (Wildman–Crippen MR) is 133 cm³/mol. The van der Waals surface area contributed by atoms with Gasteiger partial charge in [-0.25, -0.2) is 4.98 Å². The smallest absolute Gasteiger partial charge is 0.257 e. The molecule has 0 aliphatic carbocycles. The van der Waals surface area contributed by atoms with Gasteiger partial charge in [-0.1, -0.05) is 18.2 Å². The van der Waals surface area contributed by atoms with Crippen LogP contribution in [-0.2, 0) is 11.4 Å². The molecule has 0 unspecified atom stereocenters. The molecule has 0 N–H and O–H groups in total. The summed E-state index contributed by atoms with van der Waals surface area (Å²) in [6.07, 6.45) is 5.34. The van der Waals surface area contributed by atoms with E-state index in [4.69, 9.17) is 4.74 Å². The number of imidazole rings is 1. The minimum Gasteiger partial charge on any atom is -0.486 e. The van der Waals surface area contributed by atoms with E-state index in [0.29, 0.717) is 37.2 Å². The van der Waals surface area contributed by atoms with Crippen molar-refractivity contribution in [2.75, 3.05) is 46.3 Å². The number of para-hydroxylation sites is 1. The quantitative estimate of drug-likeness (QED) is 0.568. The Morgan fingerprint density at radius 2 is 1.71 bits per heavy atom. The zero-order chi connectivity index (χ0) is 24.4. The number of ether oxygens (including phenoxy) is 1. The van der Waals surface area contributed by atoms with Gasteiger partial charge in [0.25, 0.3) is 5.91 Å². The number of hydrogen-bond acceptors (Lipinski definition) is 5. The molecule has 2 aliphatic heterocycles. The molecule has 3 aromatic rings. The van der Waals surface area contributed by atoms with Crippen LogP contribution in [0.2, 0.25) is 0 Å². The van der Waals surface area contributed by atoms with Crippen LogP contribution in [0.5, 0.6) is 5.75 Å². The third kappa shape index (κ3) is 5.03. The van der Waals surface area contributed by atoms with Crippen LogP contribution in [0.25, 0.3) is 5.65 Å². The van der Waals surface area contributed by atoms with Gasteiger partial charge in [-0.2, -0.15) is 0 Å². The van der Waals surface area contributed by atoms with Crippen LogP contribution in [0.3, 0.4) is 0 Å². The van der Waals surface area contributed by atoms with E-state index in [-0.39, 0.29) is 24.3 Å². The minimum atomic E-state index is -0.0445. The number of pyridine rings is 1. The normalized spacial score (nSPS) is 17.7. The number of amides is 2. The summed E-state index contributed by atoms with van der Waals surface area (Å²) in [6, 6.07) is 11.4. The summed E-state index contributed by atoms with van der Waals surface area (Å²) in [6.45, 7) is 6.93. The number of likely N-dealkylation sites (N-methyl/N-ethyl adjacent to an activating group) is 1. The molecule has 0 bridgehead atoms. The maximum absolute atomic E-state index is 13.4. The van der Waals surface area contributed by atoms with E-state index in [0.717, 1.165) is 43.1 Å². The molecular weight excluding hydrogens is 442 g/mol. The van der Waals surface area contributed by atoms with Crippen LogP contribution in [-0.4, -0.2) is 82.2 Å². The Morgan fingerprint density at radius 1 is 0.971 bits per heavy atom. The number of nitrogens with zero attached hydrogens (tertiary/aromatic N) is 5. The number of piperidine rings is 1. The number of benzene rings is 1. The Hall–Kier alpha value is -3.39. The fourth-order valence-corrected chi connectivity index (χ4v) is 4.98. The lowest BCUT2D eigenvalue weighted by atomic mass is 9.94. The Bertz CT molecular complexity index is 1210. The van der Waals surface area contributed by atoms with Crippen molar-refractivity contribution in [3.8, 4) is 5.75 Å². The highest BCUT2D eigenvalue weighted by Gasteiger charge is 2.32. The van der Waals surface area contributed by atoms with Crippen LogP contribution >= 0.6 is 0 Å². The molecule has 35 heavy (non-hydrogen) atoms. The van der Waals surface area contributed by atoms with Crippen LogP contribution in [0.4, 0.5) is 0 Å². The summed E-state index contributed by atoms with van der Waals surface area (Å²) in [7, 11) is 2.09. The average Bonchev–Trinajstić information content (AvgIpc) is 3.32. The maximum atomic E-state index is 13.4. The van der Waals surface area contributed by atoms with Gasteiger partial charge >= 0.3 is 0 Å². The topological polar surface area (TPSA) is 70.4 Å². The fraction of sp³-hybridized carbons (Fsp3) is 0.444. The van der Waals surface area contributed by atoms with E-state index < -0.39 is 0 Å². The lowest BCUT2D eigenvalue weighted by Gasteiger charge is -2.37. The number of fused-ring (bicyclic) bond motifs is 1. The summed E-state index contributed by atoms with van der Waals surface area (Å²) in [5.41, 5.74) is 3.37. The SMILES string of the molecule is Cc1cccn2cc(COc3ccccc3C(=O)N3CCC(C(=O)N4CCN(C)CC4)CC3)nc12. The van der Waals surface area contributed by atoms with Gasteiger partial charge in [0.2, 0.25) is 5.91 Å². The van der Waals surface area contributed by atoms with Crippen molar-refractivity contribution in [2.24, 2.45) is 5.92 Å². The summed E-state index contributed by atoms with van der Waals surface area (Å²) in [5, 5.41) is 0. The highest BCUT2D eigenvalue weighted by Crippen LogP contribution is 2.26. The van der Waals surface area contributed by atoms with Crippen LogP contribution < -0.4 is 4.74 Å². The van der Waals surface area contributed by atoms with Crippen LogP contribution in [0.15, 0.2) is 48.8 Å². The largest absolute Gasteiger partial charge is 0.486 e. The molecule has 0 radical (unpaired) electrons. The molecule has 2 aliphatic rings. The van der Waals surface area contributed by atoms with E-state index in [9.17, 15) is 9.59 Å². The molecular formula is C27H33N5O3. The van der Waals surface area contributed by atoms with Gasteiger partial charge in [0.1, 0.15) is 18.0 Å². The number of piperazine rings is 1. The lowest BCUT2D eigenvalue weighted by Crippen LogP contribution is -2.51. The van der Waals surface area contributed by atoms with Gasteiger partial charge in [0.15, 0.2) is 0 Å². The standard InChI is InChI=1S/C27H33N5O3/c1-20-6-5-11-32-18-22(28-25(20)32)19-35-24-8-4-3-7-23(24)27(34)30-12-9-21(10-13-30)26(33)31-16-14-29(2)15-17-31/h3-8,11,18,21H,9-10,12-17,19H2,1-2H3. The second kappa shape index (κ2) is 10.1. The monoisotopic (exact) mass is 475 g/mol. The van der Waals surface area contributed by atoms with E-state index in [1.54, 1.807) is 0 Å². The number of aryl methyl sites for hydroxylation is 1. The van der Waals surface area contributed by atoms with Gasteiger partial charge in [0.05, 0.1) is 11.3 Å². The van der Waals surface area contributed by atoms with Gasteiger partial charge in [0, 0.05) is 57.6 Å². The van der Waals surface area contributed by atoms with Crippen molar-refractivity contribution in [3.63, 3.8) is 0 Å². The van der Waals surface area contributed by atoms with E-state index in [1.807, 2.05) is 69.9 Å². The first-order valence-corrected chi connectivity index (χ1v) is 12.4. The molecule has 184 valence electrons. The Morgan fingerprint density at radius 3 is 2.46 bits per heavy atom. The molecule has 0 spiro atoms. The zero-order valence-electron chi connectivity index (χ0n) is 20.5. The van der Waals surface area contributed by atoms with Crippen LogP contribution in [0.1, 0.15) is 34.5 Å². The van der Waals surface area contributed by atoms with Crippen molar-refractivity contribution in [3.05, 3.63) is 65.6 Å². The molecule has 8 nitrogen and oxygen atoms in total. The second-order valence-corrected chi connectivity index (χ2v) is 9.63. The van der Waals surface area contributed by atoms with Crippen molar-refractivity contribution < 1.29 is 14.3 Å². The summed E-state index contributed by atoms with van der Waals surface area (Å²) < 4.78 is 8.05. The number of carbonyl (C=O) groups is 2. The third-order valence-corrected chi connectivity index (χ3v) is 7.17. The molecule has 1 aromatic carbocycles. The average molecular weight is 476 g/mol. The molecule has 2 saturated heterocycles. The summed E-state index contributed by atoms with van der Waals surface area (Å²) >= 11 is 0. The first-order chi connectivity index (χ1) is 17.0. The first-order valence-electron chi connectivity index (χ1n) is 12.4. The summed E-state index contributed by atoms with van der Waals surface area (Å²) in [5.74, 6) is 0.767. The van der Waals surface area contributed by atoms with Gasteiger partial charge in [-0.05, 0) is 50.6 Å². The molecule has 2 amide bonds. The molecule has 5 rings (SSSR count). The Kier molecular flexibility index (Phi) is 6.72. The minimum absolute atomic E-state index is 0.00690. The molecule has 4 heterocycles. The molecule has 2 aromatic heterocycles. The predicted octanol–water partition coefficient (Wildman–Crippen LogP) is 2.85. The molecule has 0 atom stereocenters. The van der Waals surface area contributed by atoms with Crippen molar-refractivity contribution in [2.45, 2.75) is 26.4 Å². The summed E-state index contributed by atoms with van der Waals surface area (Å²) in [4.78, 5) is 37.1. The zero-order valence-corrected chi connectivity index (χ0v) is 20.5. The third-order valence-electron chi connectivity index (χ3n) is 7.17. The number of hydrogen-bond donors (Lipinski definition) is 0. The maximum Gasteiger partial charge on any atom is 0.257 e. The molecule has 8 heteroatoms. The van der Waals surface area contributed by atoms with Crippen molar-refractivity contribution in [1.82, 2.24) is 24.1 Å². The highest BCUT2D eigenvalue weighted by atomic mass is 16.5. The molecule has 0 saturated carbocycles. The molecule has 2 fully saturated rings. The van der Waals surface area contributed by atoms with Crippen LogP contribution in [0, 0.1) is 12.8 Å². The fourth-order valence-electron chi connectivity index (χ4n) is 4.98. The first kappa shape index (κ1) is 23.4. The van der Waals surface area contributed by atoms with Gasteiger partial charge in [-0.3, -0.25) is 9.59 Å². The Labute approximate surface area is 206 Å². The number of carbonyl (C=O) groups excluding carboxylic acids is 2. The lowest BCUT2D eigenvalue weighted by molar-refractivity contribution is -0.138. The Balaban J connectivity index is 1.20. The van der Waals surface area contributed by atoms with E-state index >= 15 is 0 Å². The number of aromatic nitrogens is 2. The van der Waals surface area contributed by atoms with Crippen molar-refractivity contribution >= 4 is 17.5 Å². The van der Waals surface area contributed by atoms with E-state index in [1.165, 1.54) is 0 Å². The van der Waals surface area contributed by atoms with Crippen molar-refractivity contribution in [1.29, 1.82) is 0 Å². The second-order valence-electron chi connectivity index (χ2n) is 9.63.